The lowest BCUT2D eigenvalue weighted by atomic mass is 10.1. The first-order valence-corrected chi connectivity index (χ1v) is 7.33. The third-order valence-electron chi connectivity index (χ3n) is 3.12. The van der Waals surface area contributed by atoms with E-state index in [4.69, 9.17) is 22.1 Å². The fourth-order valence-corrected chi connectivity index (χ4v) is 2.32. The van der Waals surface area contributed by atoms with Crippen LogP contribution in [0.3, 0.4) is 0 Å². The maximum absolute atomic E-state index is 6.29. The highest BCUT2D eigenvalue weighted by Gasteiger charge is 2.07. The van der Waals surface area contributed by atoms with Crippen molar-refractivity contribution >= 4 is 17.3 Å². The molecule has 0 aliphatic rings. The quantitative estimate of drug-likeness (QED) is 0.904. The SMILES string of the molecule is CC(N)Cc1ccc(Oc2cccc(N(C)C)c2)c(Cl)c1. The van der Waals surface area contributed by atoms with Crippen LogP contribution in [-0.4, -0.2) is 20.1 Å². The highest BCUT2D eigenvalue weighted by atomic mass is 35.5. The number of hydrogen-bond donors (Lipinski definition) is 1. The molecule has 3 nitrogen and oxygen atoms in total. The lowest BCUT2D eigenvalue weighted by Crippen LogP contribution is -2.17. The van der Waals surface area contributed by atoms with E-state index >= 15 is 0 Å². The highest BCUT2D eigenvalue weighted by Crippen LogP contribution is 2.31. The topological polar surface area (TPSA) is 38.5 Å². The van der Waals surface area contributed by atoms with E-state index in [1.807, 2.05) is 68.4 Å². The molecule has 0 spiro atoms. The predicted octanol–water partition coefficient (Wildman–Crippen LogP) is 4.09. The molecule has 0 aliphatic carbocycles. The molecular formula is C17H21ClN2O. The maximum atomic E-state index is 6.29. The Labute approximate surface area is 131 Å². The number of hydrogen-bond acceptors (Lipinski definition) is 3. The van der Waals surface area contributed by atoms with Crippen molar-refractivity contribution in [1.29, 1.82) is 0 Å². The van der Waals surface area contributed by atoms with Crippen molar-refractivity contribution in [2.75, 3.05) is 19.0 Å². The van der Waals surface area contributed by atoms with Gasteiger partial charge in [-0.25, -0.2) is 0 Å². The molecule has 0 aromatic heterocycles. The van der Waals surface area contributed by atoms with Crippen LogP contribution in [0.5, 0.6) is 11.5 Å². The van der Waals surface area contributed by atoms with Crippen LogP contribution in [0.4, 0.5) is 5.69 Å². The lowest BCUT2D eigenvalue weighted by Gasteiger charge is -2.15. The van der Waals surface area contributed by atoms with Crippen molar-refractivity contribution in [3.63, 3.8) is 0 Å². The standard InChI is InChI=1S/C17H21ClN2O/c1-12(19)9-13-7-8-17(16(18)10-13)21-15-6-4-5-14(11-15)20(2)3/h4-8,10-12H,9,19H2,1-3H3. The van der Waals surface area contributed by atoms with Gasteiger partial charge < -0.3 is 15.4 Å². The summed E-state index contributed by atoms with van der Waals surface area (Å²) >= 11 is 6.29. The Morgan fingerprint density at radius 1 is 1.19 bits per heavy atom. The van der Waals surface area contributed by atoms with Gasteiger partial charge in [-0.1, -0.05) is 23.7 Å². The van der Waals surface area contributed by atoms with Crippen molar-refractivity contribution in [2.24, 2.45) is 5.73 Å². The van der Waals surface area contributed by atoms with Gasteiger partial charge in [-0.05, 0) is 43.2 Å². The fraction of sp³-hybridized carbons (Fsp3) is 0.294. The minimum atomic E-state index is 0.115. The summed E-state index contributed by atoms with van der Waals surface area (Å²) < 4.78 is 5.87. The molecule has 2 N–H and O–H groups in total. The molecule has 0 radical (unpaired) electrons. The van der Waals surface area contributed by atoms with Crippen LogP contribution in [0.2, 0.25) is 5.02 Å². The Morgan fingerprint density at radius 3 is 2.57 bits per heavy atom. The summed E-state index contributed by atoms with van der Waals surface area (Å²) in [5.74, 6) is 1.42. The number of ether oxygens (including phenoxy) is 1. The van der Waals surface area contributed by atoms with Crippen LogP contribution < -0.4 is 15.4 Å². The second-order valence-corrected chi connectivity index (χ2v) is 5.85. The van der Waals surface area contributed by atoms with E-state index in [0.717, 1.165) is 23.4 Å². The minimum absolute atomic E-state index is 0.115. The molecule has 1 unspecified atom stereocenters. The molecule has 1 atom stereocenters. The number of halogens is 1. The Kier molecular flexibility index (Phi) is 5.10. The van der Waals surface area contributed by atoms with E-state index in [-0.39, 0.29) is 6.04 Å². The second kappa shape index (κ2) is 6.83. The van der Waals surface area contributed by atoms with Crippen LogP contribution >= 0.6 is 11.6 Å². The number of nitrogens with zero attached hydrogens (tertiary/aromatic N) is 1. The molecule has 0 heterocycles. The van der Waals surface area contributed by atoms with Gasteiger partial charge in [0, 0.05) is 31.9 Å². The van der Waals surface area contributed by atoms with E-state index in [9.17, 15) is 0 Å². The molecule has 2 rings (SSSR count). The summed E-state index contributed by atoms with van der Waals surface area (Å²) in [6.07, 6.45) is 0.802. The van der Waals surface area contributed by atoms with E-state index in [1.54, 1.807) is 0 Å². The number of nitrogens with two attached hydrogens (primary N) is 1. The zero-order chi connectivity index (χ0) is 15.4. The smallest absolute Gasteiger partial charge is 0.146 e. The average Bonchev–Trinajstić information content (AvgIpc) is 2.41. The van der Waals surface area contributed by atoms with Crippen molar-refractivity contribution < 1.29 is 4.74 Å². The van der Waals surface area contributed by atoms with Crippen molar-refractivity contribution in [3.8, 4) is 11.5 Å². The molecule has 0 aliphatic heterocycles. The highest BCUT2D eigenvalue weighted by molar-refractivity contribution is 6.32. The lowest BCUT2D eigenvalue weighted by molar-refractivity contribution is 0.482. The molecule has 0 amide bonds. The zero-order valence-corrected chi connectivity index (χ0v) is 13.4. The normalized spacial score (nSPS) is 12.0. The van der Waals surface area contributed by atoms with E-state index < -0.39 is 0 Å². The molecular weight excluding hydrogens is 284 g/mol. The Balaban J connectivity index is 2.18. The monoisotopic (exact) mass is 304 g/mol. The summed E-state index contributed by atoms with van der Waals surface area (Å²) in [4.78, 5) is 2.03. The molecule has 4 heteroatoms. The molecule has 0 saturated carbocycles. The number of anilines is 1. The van der Waals surface area contributed by atoms with Gasteiger partial charge in [0.05, 0.1) is 5.02 Å². The molecule has 112 valence electrons. The Morgan fingerprint density at radius 2 is 1.95 bits per heavy atom. The minimum Gasteiger partial charge on any atom is -0.456 e. The average molecular weight is 305 g/mol. The molecule has 0 bridgehead atoms. The first-order chi connectivity index (χ1) is 9.95. The summed E-state index contributed by atoms with van der Waals surface area (Å²) in [5, 5.41) is 0.600. The fourth-order valence-electron chi connectivity index (χ4n) is 2.08. The van der Waals surface area contributed by atoms with Gasteiger partial charge in [0.2, 0.25) is 0 Å². The van der Waals surface area contributed by atoms with Gasteiger partial charge in [-0.15, -0.1) is 0 Å². The van der Waals surface area contributed by atoms with Crippen LogP contribution in [-0.2, 0) is 6.42 Å². The van der Waals surface area contributed by atoms with Gasteiger partial charge in [-0.2, -0.15) is 0 Å². The van der Waals surface area contributed by atoms with E-state index in [1.165, 1.54) is 0 Å². The van der Waals surface area contributed by atoms with Crippen LogP contribution in [0.1, 0.15) is 12.5 Å². The van der Waals surface area contributed by atoms with E-state index in [2.05, 4.69) is 0 Å². The van der Waals surface area contributed by atoms with Gasteiger partial charge in [0.25, 0.3) is 0 Å². The number of rotatable bonds is 5. The zero-order valence-electron chi connectivity index (χ0n) is 12.6. The largest absolute Gasteiger partial charge is 0.456 e. The van der Waals surface area contributed by atoms with Crippen molar-refractivity contribution in [1.82, 2.24) is 0 Å². The second-order valence-electron chi connectivity index (χ2n) is 5.44. The first kappa shape index (κ1) is 15.7. The van der Waals surface area contributed by atoms with Gasteiger partial charge >= 0.3 is 0 Å². The van der Waals surface area contributed by atoms with Gasteiger partial charge in [-0.3, -0.25) is 0 Å². The summed E-state index contributed by atoms with van der Waals surface area (Å²) in [6.45, 7) is 1.98. The predicted molar refractivity (Wildman–Crippen MR) is 89.6 cm³/mol. The molecule has 2 aromatic carbocycles. The first-order valence-electron chi connectivity index (χ1n) is 6.95. The third kappa shape index (κ3) is 4.38. The van der Waals surface area contributed by atoms with Gasteiger partial charge in [0.15, 0.2) is 0 Å². The van der Waals surface area contributed by atoms with Crippen LogP contribution in [0, 0.1) is 0 Å². The van der Waals surface area contributed by atoms with Gasteiger partial charge in [0.1, 0.15) is 11.5 Å². The summed E-state index contributed by atoms with van der Waals surface area (Å²) in [5.41, 5.74) is 8.00. The molecule has 0 fully saturated rings. The Hall–Kier alpha value is -1.71. The Bertz CT molecular complexity index is 611. The molecule has 2 aromatic rings. The summed E-state index contributed by atoms with van der Waals surface area (Å²) in [6, 6.07) is 13.8. The van der Waals surface area contributed by atoms with Crippen LogP contribution in [0.15, 0.2) is 42.5 Å². The van der Waals surface area contributed by atoms with Crippen molar-refractivity contribution in [2.45, 2.75) is 19.4 Å². The third-order valence-corrected chi connectivity index (χ3v) is 3.41. The van der Waals surface area contributed by atoms with Crippen LogP contribution in [0.25, 0.3) is 0 Å². The molecule has 0 saturated heterocycles. The molecule has 21 heavy (non-hydrogen) atoms. The number of benzene rings is 2. The van der Waals surface area contributed by atoms with E-state index in [0.29, 0.717) is 10.8 Å². The van der Waals surface area contributed by atoms with Crippen molar-refractivity contribution in [3.05, 3.63) is 53.1 Å². The summed E-state index contributed by atoms with van der Waals surface area (Å²) in [7, 11) is 3.99. The maximum Gasteiger partial charge on any atom is 0.146 e.